The zero-order valence-electron chi connectivity index (χ0n) is 13.3. The van der Waals surface area contributed by atoms with E-state index >= 15 is 0 Å². The molecule has 1 fully saturated rings. The highest BCUT2D eigenvalue weighted by atomic mass is 35.5. The van der Waals surface area contributed by atoms with Crippen LogP contribution >= 0.6 is 11.6 Å². The first-order valence-corrected chi connectivity index (χ1v) is 7.94. The van der Waals surface area contributed by atoms with E-state index in [9.17, 15) is 4.79 Å². The van der Waals surface area contributed by atoms with E-state index in [1.807, 2.05) is 26.0 Å². The molecule has 122 valence electrons. The van der Waals surface area contributed by atoms with Gasteiger partial charge in [-0.3, -0.25) is 4.79 Å². The third-order valence-corrected chi connectivity index (χ3v) is 4.27. The summed E-state index contributed by atoms with van der Waals surface area (Å²) in [6.45, 7) is 5.47. The Kier molecular flexibility index (Phi) is 5.53. The van der Waals surface area contributed by atoms with Gasteiger partial charge in [-0.05, 0) is 30.5 Å². The molecule has 2 atom stereocenters. The molecule has 3 N–H and O–H groups in total. The summed E-state index contributed by atoms with van der Waals surface area (Å²) in [5.74, 6) is 0.834. The molecular weight excluding hydrogens is 302 g/mol. The molecule has 22 heavy (non-hydrogen) atoms. The van der Waals surface area contributed by atoms with Gasteiger partial charge in [0.25, 0.3) is 0 Å². The van der Waals surface area contributed by atoms with Crippen LogP contribution in [0.25, 0.3) is 0 Å². The van der Waals surface area contributed by atoms with Crippen LogP contribution in [0.15, 0.2) is 18.2 Å². The number of nitrogens with one attached hydrogen (secondary N) is 1. The molecule has 1 amide bonds. The van der Waals surface area contributed by atoms with Crippen molar-refractivity contribution in [3.63, 3.8) is 0 Å². The molecule has 0 aromatic heterocycles. The van der Waals surface area contributed by atoms with Crippen LogP contribution in [0.4, 0.5) is 5.69 Å². The fourth-order valence-electron chi connectivity index (χ4n) is 2.61. The van der Waals surface area contributed by atoms with E-state index < -0.39 is 6.04 Å². The molecular formula is C16H24ClN3O2. The van der Waals surface area contributed by atoms with E-state index in [0.29, 0.717) is 5.02 Å². The van der Waals surface area contributed by atoms with Crippen LogP contribution in [-0.4, -0.2) is 38.2 Å². The number of nitrogens with two attached hydrogens (primary N) is 1. The molecule has 1 unspecified atom stereocenters. The summed E-state index contributed by atoms with van der Waals surface area (Å²) in [5.41, 5.74) is 6.84. The van der Waals surface area contributed by atoms with Crippen molar-refractivity contribution >= 4 is 23.2 Å². The summed E-state index contributed by atoms with van der Waals surface area (Å²) in [6.07, 6.45) is 0.881. The number of hydrogen-bond acceptors (Lipinski definition) is 4. The van der Waals surface area contributed by atoms with Gasteiger partial charge in [-0.2, -0.15) is 0 Å². The van der Waals surface area contributed by atoms with Crippen molar-refractivity contribution in [3.8, 4) is 5.75 Å². The maximum Gasteiger partial charge on any atom is 0.237 e. The first-order chi connectivity index (χ1) is 10.4. The highest BCUT2D eigenvalue weighted by Crippen LogP contribution is 2.33. The van der Waals surface area contributed by atoms with Gasteiger partial charge in [0.15, 0.2) is 0 Å². The first kappa shape index (κ1) is 16.9. The Morgan fingerprint density at radius 1 is 1.50 bits per heavy atom. The Hall–Kier alpha value is -1.46. The standard InChI is InChI=1S/C16H24ClN3O2/c1-10(2)15(18)16(21)19-12-6-7-20(9-12)13-8-11(17)4-5-14(13)22-3/h4-5,8,10,12,15H,6-7,9,18H2,1-3H3,(H,19,21)/t12?,15-/m0/s1. The lowest BCUT2D eigenvalue weighted by atomic mass is 10.0. The molecule has 0 saturated carbocycles. The molecule has 5 nitrogen and oxygen atoms in total. The predicted octanol–water partition coefficient (Wildman–Crippen LogP) is 2.03. The number of hydrogen-bond donors (Lipinski definition) is 2. The van der Waals surface area contributed by atoms with Crippen LogP contribution in [0.2, 0.25) is 5.02 Å². The number of carbonyl (C=O) groups is 1. The van der Waals surface area contributed by atoms with Gasteiger partial charge in [-0.1, -0.05) is 25.4 Å². The van der Waals surface area contributed by atoms with Crippen LogP contribution in [-0.2, 0) is 4.79 Å². The van der Waals surface area contributed by atoms with Gasteiger partial charge in [0.05, 0.1) is 18.8 Å². The second-order valence-electron chi connectivity index (χ2n) is 6.03. The Morgan fingerprint density at radius 3 is 2.86 bits per heavy atom. The average molecular weight is 326 g/mol. The number of anilines is 1. The maximum atomic E-state index is 12.1. The van der Waals surface area contributed by atoms with Crippen LogP contribution < -0.4 is 20.7 Å². The van der Waals surface area contributed by atoms with Crippen LogP contribution in [0, 0.1) is 5.92 Å². The van der Waals surface area contributed by atoms with Crippen molar-refractivity contribution < 1.29 is 9.53 Å². The van der Waals surface area contributed by atoms with Gasteiger partial charge >= 0.3 is 0 Å². The number of nitrogens with zero attached hydrogens (tertiary/aromatic N) is 1. The van der Waals surface area contributed by atoms with E-state index in [0.717, 1.165) is 30.9 Å². The second-order valence-corrected chi connectivity index (χ2v) is 6.46. The fraction of sp³-hybridized carbons (Fsp3) is 0.562. The number of methoxy groups -OCH3 is 1. The molecule has 1 aromatic carbocycles. The van der Waals surface area contributed by atoms with Crippen LogP contribution in [0.3, 0.4) is 0 Å². The molecule has 1 aliphatic heterocycles. The summed E-state index contributed by atoms with van der Waals surface area (Å²) in [4.78, 5) is 14.2. The topological polar surface area (TPSA) is 67.6 Å². The van der Waals surface area contributed by atoms with Crippen molar-refractivity contribution in [2.45, 2.75) is 32.4 Å². The van der Waals surface area contributed by atoms with Gasteiger partial charge in [0.1, 0.15) is 5.75 Å². The highest BCUT2D eigenvalue weighted by Gasteiger charge is 2.28. The van der Waals surface area contributed by atoms with Crippen LogP contribution in [0.1, 0.15) is 20.3 Å². The number of carbonyl (C=O) groups excluding carboxylic acids is 1. The Labute approximate surface area is 136 Å². The second kappa shape index (κ2) is 7.20. The van der Waals surface area contributed by atoms with E-state index in [2.05, 4.69) is 10.2 Å². The van der Waals surface area contributed by atoms with Gasteiger partial charge in [-0.25, -0.2) is 0 Å². The summed E-state index contributed by atoms with van der Waals surface area (Å²) in [6, 6.07) is 5.19. The van der Waals surface area contributed by atoms with E-state index in [4.69, 9.17) is 22.1 Å². The molecule has 0 radical (unpaired) electrons. The summed E-state index contributed by atoms with van der Waals surface area (Å²) < 4.78 is 5.39. The summed E-state index contributed by atoms with van der Waals surface area (Å²) in [5, 5.41) is 3.70. The SMILES string of the molecule is COc1ccc(Cl)cc1N1CCC(NC(=O)[C@@H](N)C(C)C)C1. The lowest BCUT2D eigenvalue weighted by Crippen LogP contribution is -2.48. The molecule has 1 aliphatic rings. The van der Waals surface area contributed by atoms with Crippen molar-refractivity contribution in [1.29, 1.82) is 0 Å². The largest absolute Gasteiger partial charge is 0.495 e. The van der Waals surface area contributed by atoms with Gasteiger partial charge < -0.3 is 20.7 Å². The maximum absolute atomic E-state index is 12.1. The fourth-order valence-corrected chi connectivity index (χ4v) is 2.77. The average Bonchev–Trinajstić information content (AvgIpc) is 2.94. The number of ether oxygens (including phenoxy) is 1. The molecule has 0 spiro atoms. The van der Waals surface area contributed by atoms with Crippen LogP contribution in [0.5, 0.6) is 5.75 Å². The monoisotopic (exact) mass is 325 g/mol. The van der Waals surface area contributed by atoms with E-state index in [1.54, 1.807) is 13.2 Å². The molecule has 0 aliphatic carbocycles. The smallest absolute Gasteiger partial charge is 0.237 e. The van der Waals surface area contributed by atoms with Gasteiger partial charge in [-0.15, -0.1) is 0 Å². The third-order valence-electron chi connectivity index (χ3n) is 4.04. The van der Waals surface area contributed by atoms with Gasteiger partial charge in [0, 0.05) is 24.2 Å². The minimum absolute atomic E-state index is 0.0834. The van der Waals surface area contributed by atoms with Crippen molar-refractivity contribution in [3.05, 3.63) is 23.2 Å². The molecule has 1 saturated heterocycles. The van der Waals surface area contributed by atoms with E-state index in [-0.39, 0.29) is 17.9 Å². The lowest BCUT2D eigenvalue weighted by molar-refractivity contribution is -0.123. The van der Waals surface area contributed by atoms with Gasteiger partial charge in [0.2, 0.25) is 5.91 Å². The van der Waals surface area contributed by atoms with E-state index in [1.165, 1.54) is 0 Å². The van der Waals surface area contributed by atoms with Crippen molar-refractivity contribution in [2.75, 3.05) is 25.1 Å². The Bertz CT molecular complexity index is 536. The minimum Gasteiger partial charge on any atom is -0.495 e. The van der Waals surface area contributed by atoms with Crippen molar-refractivity contribution in [2.24, 2.45) is 11.7 Å². The number of halogens is 1. The zero-order chi connectivity index (χ0) is 16.3. The third kappa shape index (κ3) is 3.84. The molecule has 2 rings (SSSR count). The Balaban J connectivity index is 2.01. The highest BCUT2D eigenvalue weighted by molar-refractivity contribution is 6.30. The number of amides is 1. The summed E-state index contributed by atoms with van der Waals surface area (Å²) in [7, 11) is 1.64. The molecule has 6 heteroatoms. The quantitative estimate of drug-likeness (QED) is 0.869. The zero-order valence-corrected chi connectivity index (χ0v) is 14.1. The minimum atomic E-state index is -0.463. The predicted molar refractivity (Wildman–Crippen MR) is 89.6 cm³/mol. The van der Waals surface area contributed by atoms with Crippen molar-refractivity contribution in [1.82, 2.24) is 5.32 Å². The normalized spacial score (nSPS) is 19.4. The number of rotatable bonds is 5. The Morgan fingerprint density at radius 2 is 2.23 bits per heavy atom. The lowest BCUT2D eigenvalue weighted by Gasteiger charge is -2.22. The first-order valence-electron chi connectivity index (χ1n) is 7.56. The summed E-state index contributed by atoms with van der Waals surface area (Å²) >= 11 is 6.08. The molecule has 1 heterocycles. The molecule has 0 bridgehead atoms. The number of benzene rings is 1. The molecule has 1 aromatic rings.